The molecule has 0 unspecified atom stereocenters. The molecule has 0 heterocycles. The van der Waals surface area contributed by atoms with Crippen LogP contribution in [0.5, 0.6) is 5.75 Å². The monoisotopic (exact) mass is 255 g/mol. The van der Waals surface area contributed by atoms with E-state index in [0.717, 1.165) is 11.1 Å². The number of aryl methyl sites for hydroxylation is 2. The molecule has 0 fully saturated rings. The Morgan fingerprint density at radius 2 is 1.84 bits per heavy atom. The first-order valence-electron chi connectivity index (χ1n) is 6.09. The van der Waals surface area contributed by atoms with Crippen LogP contribution in [0.1, 0.15) is 27.0 Å². The summed E-state index contributed by atoms with van der Waals surface area (Å²) >= 11 is 0. The van der Waals surface area contributed by atoms with Gasteiger partial charge in [0.25, 0.3) is 0 Å². The fourth-order valence-corrected chi connectivity index (χ4v) is 1.99. The minimum absolute atomic E-state index is 0.113. The van der Waals surface area contributed by atoms with Gasteiger partial charge in [-0.2, -0.15) is 0 Å². The third-order valence-corrected chi connectivity index (χ3v) is 3.27. The lowest BCUT2D eigenvalue weighted by molar-refractivity contribution is 0.103. The SMILES string of the molecule is COc1cccc(N)c1C(=O)c1ccc(C)c(C)c1. The topological polar surface area (TPSA) is 52.3 Å². The van der Waals surface area contributed by atoms with Crippen LogP contribution < -0.4 is 10.5 Å². The van der Waals surface area contributed by atoms with Crippen molar-refractivity contribution in [3.63, 3.8) is 0 Å². The van der Waals surface area contributed by atoms with E-state index in [1.54, 1.807) is 18.2 Å². The molecule has 2 rings (SSSR count). The normalized spacial score (nSPS) is 10.3. The van der Waals surface area contributed by atoms with E-state index < -0.39 is 0 Å². The molecule has 0 aromatic heterocycles. The average molecular weight is 255 g/mol. The number of ketones is 1. The molecule has 0 amide bonds. The number of nitrogen functional groups attached to an aromatic ring is 1. The predicted octanol–water partition coefficient (Wildman–Crippen LogP) is 3.13. The Labute approximate surface area is 113 Å². The van der Waals surface area contributed by atoms with Gasteiger partial charge in [-0.05, 0) is 43.2 Å². The summed E-state index contributed by atoms with van der Waals surface area (Å²) in [6.07, 6.45) is 0. The van der Waals surface area contributed by atoms with Gasteiger partial charge in [0, 0.05) is 11.3 Å². The highest BCUT2D eigenvalue weighted by atomic mass is 16.5. The first-order chi connectivity index (χ1) is 9.04. The lowest BCUT2D eigenvalue weighted by Gasteiger charge is -2.11. The van der Waals surface area contributed by atoms with Crippen LogP contribution in [-0.4, -0.2) is 12.9 Å². The molecule has 98 valence electrons. The Bertz CT molecular complexity index is 633. The number of hydrogen-bond acceptors (Lipinski definition) is 3. The third kappa shape index (κ3) is 2.45. The number of methoxy groups -OCH3 is 1. The van der Waals surface area contributed by atoms with Crippen molar-refractivity contribution in [1.29, 1.82) is 0 Å². The maximum atomic E-state index is 12.6. The van der Waals surface area contributed by atoms with Gasteiger partial charge >= 0.3 is 0 Å². The molecule has 0 saturated heterocycles. The molecule has 0 atom stereocenters. The number of rotatable bonds is 3. The number of hydrogen-bond donors (Lipinski definition) is 1. The average Bonchev–Trinajstić information content (AvgIpc) is 2.40. The fraction of sp³-hybridized carbons (Fsp3) is 0.188. The van der Waals surface area contributed by atoms with Crippen molar-refractivity contribution in [1.82, 2.24) is 0 Å². The summed E-state index contributed by atoms with van der Waals surface area (Å²) in [5.74, 6) is 0.390. The summed E-state index contributed by atoms with van der Waals surface area (Å²) in [5, 5.41) is 0. The van der Waals surface area contributed by atoms with Crippen LogP contribution in [0.3, 0.4) is 0 Å². The maximum Gasteiger partial charge on any atom is 0.198 e. The van der Waals surface area contributed by atoms with E-state index in [9.17, 15) is 4.79 Å². The van der Waals surface area contributed by atoms with Gasteiger partial charge in [0.1, 0.15) is 5.75 Å². The molecule has 0 aliphatic heterocycles. The summed E-state index contributed by atoms with van der Waals surface area (Å²) in [6, 6.07) is 10.8. The zero-order chi connectivity index (χ0) is 14.0. The zero-order valence-corrected chi connectivity index (χ0v) is 11.4. The summed E-state index contributed by atoms with van der Waals surface area (Å²) in [6.45, 7) is 4.00. The lowest BCUT2D eigenvalue weighted by atomic mass is 9.97. The molecule has 19 heavy (non-hydrogen) atoms. The molecule has 0 spiro atoms. The zero-order valence-electron chi connectivity index (χ0n) is 11.4. The highest BCUT2D eigenvalue weighted by Crippen LogP contribution is 2.27. The van der Waals surface area contributed by atoms with Gasteiger partial charge in [-0.3, -0.25) is 4.79 Å². The standard InChI is InChI=1S/C16H17NO2/c1-10-7-8-12(9-11(10)2)16(18)15-13(17)5-4-6-14(15)19-3/h4-9H,17H2,1-3H3. The number of benzene rings is 2. The second kappa shape index (κ2) is 5.14. The van der Waals surface area contributed by atoms with Crippen molar-refractivity contribution in [3.8, 4) is 5.75 Å². The summed E-state index contributed by atoms with van der Waals surface area (Å²) in [4.78, 5) is 12.6. The van der Waals surface area contributed by atoms with Crippen LogP contribution in [0.2, 0.25) is 0 Å². The van der Waals surface area contributed by atoms with Gasteiger partial charge in [-0.15, -0.1) is 0 Å². The van der Waals surface area contributed by atoms with Gasteiger partial charge in [-0.25, -0.2) is 0 Å². The first-order valence-corrected chi connectivity index (χ1v) is 6.09. The number of carbonyl (C=O) groups excluding carboxylic acids is 1. The highest BCUT2D eigenvalue weighted by Gasteiger charge is 2.17. The van der Waals surface area contributed by atoms with Crippen molar-refractivity contribution in [2.24, 2.45) is 0 Å². The number of anilines is 1. The molecule has 0 aliphatic carbocycles. The Hall–Kier alpha value is -2.29. The van der Waals surface area contributed by atoms with Gasteiger partial charge < -0.3 is 10.5 Å². The van der Waals surface area contributed by atoms with E-state index in [-0.39, 0.29) is 5.78 Å². The van der Waals surface area contributed by atoms with Gasteiger partial charge in [-0.1, -0.05) is 18.2 Å². The van der Waals surface area contributed by atoms with Crippen molar-refractivity contribution in [3.05, 3.63) is 58.7 Å². The Balaban J connectivity index is 2.52. The fourth-order valence-electron chi connectivity index (χ4n) is 1.99. The summed E-state index contributed by atoms with van der Waals surface area (Å²) in [7, 11) is 1.53. The minimum Gasteiger partial charge on any atom is -0.496 e. The predicted molar refractivity (Wildman–Crippen MR) is 76.8 cm³/mol. The van der Waals surface area contributed by atoms with E-state index in [2.05, 4.69) is 0 Å². The summed E-state index contributed by atoms with van der Waals surface area (Å²) in [5.41, 5.74) is 9.62. The molecule has 2 aromatic carbocycles. The molecule has 3 heteroatoms. The van der Waals surface area contributed by atoms with E-state index in [0.29, 0.717) is 22.6 Å². The second-order valence-corrected chi connectivity index (χ2v) is 4.55. The van der Waals surface area contributed by atoms with Crippen molar-refractivity contribution < 1.29 is 9.53 Å². The van der Waals surface area contributed by atoms with Gasteiger partial charge in [0.15, 0.2) is 5.78 Å². The number of ether oxygens (including phenoxy) is 1. The molecule has 2 N–H and O–H groups in total. The third-order valence-electron chi connectivity index (χ3n) is 3.27. The second-order valence-electron chi connectivity index (χ2n) is 4.55. The van der Waals surface area contributed by atoms with E-state index in [1.165, 1.54) is 7.11 Å². The molecular weight excluding hydrogens is 238 g/mol. The molecule has 0 bridgehead atoms. The van der Waals surface area contributed by atoms with E-state index >= 15 is 0 Å². The van der Waals surface area contributed by atoms with Crippen LogP contribution in [0.25, 0.3) is 0 Å². The Morgan fingerprint density at radius 1 is 1.11 bits per heavy atom. The van der Waals surface area contributed by atoms with Crippen LogP contribution >= 0.6 is 0 Å². The highest BCUT2D eigenvalue weighted by molar-refractivity contribution is 6.14. The van der Waals surface area contributed by atoms with Crippen LogP contribution in [-0.2, 0) is 0 Å². The molecule has 0 saturated carbocycles. The first kappa shape index (κ1) is 13.1. The van der Waals surface area contributed by atoms with E-state index in [1.807, 2.05) is 32.0 Å². The Kier molecular flexibility index (Phi) is 3.56. The molecule has 0 radical (unpaired) electrons. The van der Waals surface area contributed by atoms with Crippen molar-refractivity contribution in [2.75, 3.05) is 12.8 Å². The number of carbonyl (C=O) groups is 1. The molecule has 0 aliphatic rings. The number of nitrogens with two attached hydrogens (primary N) is 1. The molecule has 3 nitrogen and oxygen atoms in total. The molecule has 2 aromatic rings. The maximum absolute atomic E-state index is 12.6. The van der Waals surface area contributed by atoms with E-state index in [4.69, 9.17) is 10.5 Å². The Morgan fingerprint density at radius 3 is 2.47 bits per heavy atom. The summed E-state index contributed by atoms with van der Waals surface area (Å²) < 4.78 is 5.22. The lowest BCUT2D eigenvalue weighted by Crippen LogP contribution is -2.08. The van der Waals surface area contributed by atoms with Crippen LogP contribution in [0, 0.1) is 13.8 Å². The minimum atomic E-state index is -0.113. The van der Waals surface area contributed by atoms with Crippen LogP contribution in [0.15, 0.2) is 36.4 Å². The van der Waals surface area contributed by atoms with Crippen LogP contribution in [0.4, 0.5) is 5.69 Å². The largest absolute Gasteiger partial charge is 0.496 e. The quantitative estimate of drug-likeness (QED) is 0.677. The smallest absolute Gasteiger partial charge is 0.198 e. The molecular formula is C16H17NO2. The van der Waals surface area contributed by atoms with Crippen molar-refractivity contribution in [2.45, 2.75) is 13.8 Å². The van der Waals surface area contributed by atoms with Gasteiger partial charge in [0.05, 0.1) is 12.7 Å². The van der Waals surface area contributed by atoms with Gasteiger partial charge in [0.2, 0.25) is 0 Å². The van der Waals surface area contributed by atoms with Crippen molar-refractivity contribution >= 4 is 11.5 Å².